The van der Waals surface area contributed by atoms with Crippen molar-refractivity contribution in [3.8, 4) is 11.4 Å². The van der Waals surface area contributed by atoms with E-state index in [-0.39, 0.29) is 5.91 Å². The van der Waals surface area contributed by atoms with E-state index in [1.807, 2.05) is 19.0 Å². The normalized spacial score (nSPS) is 10.6. The first-order valence-electron chi connectivity index (χ1n) is 7.62. The molecule has 2 heterocycles. The van der Waals surface area contributed by atoms with E-state index in [1.54, 1.807) is 30.5 Å². The highest BCUT2D eigenvalue weighted by Gasteiger charge is 2.07. The third-order valence-corrected chi connectivity index (χ3v) is 3.36. The van der Waals surface area contributed by atoms with Crippen LogP contribution in [-0.4, -0.2) is 47.3 Å². The summed E-state index contributed by atoms with van der Waals surface area (Å²) in [6.45, 7) is 0.868. The molecule has 0 saturated heterocycles. The molecule has 0 aliphatic carbocycles. The number of hydrogen-bond acceptors (Lipinski definition) is 5. The number of nitrogens with one attached hydrogen (secondary N) is 1. The van der Waals surface area contributed by atoms with Gasteiger partial charge in [0.15, 0.2) is 0 Å². The molecule has 0 aromatic carbocycles. The first kappa shape index (κ1) is 17.6. The van der Waals surface area contributed by atoms with Gasteiger partial charge in [0.2, 0.25) is 11.8 Å². The monoisotopic (exact) mass is 327 g/mol. The zero-order chi connectivity index (χ0) is 17.5. The lowest BCUT2D eigenvalue weighted by molar-refractivity contribution is -0.116. The second-order valence-electron chi connectivity index (χ2n) is 5.68. The number of amides is 2. The van der Waals surface area contributed by atoms with Crippen molar-refractivity contribution in [1.82, 2.24) is 14.9 Å². The first-order chi connectivity index (χ1) is 11.5. The molecule has 24 heavy (non-hydrogen) atoms. The highest BCUT2D eigenvalue weighted by molar-refractivity contribution is 5.93. The molecular formula is C17H21N5O2. The Kier molecular flexibility index (Phi) is 5.97. The maximum Gasteiger partial charge on any atom is 0.248 e. The van der Waals surface area contributed by atoms with Crippen LogP contribution >= 0.6 is 0 Å². The van der Waals surface area contributed by atoms with Crippen LogP contribution in [0.4, 0.5) is 5.69 Å². The van der Waals surface area contributed by atoms with Gasteiger partial charge in [-0.1, -0.05) is 0 Å². The lowest BCUT2D eigenvalue weighted by Gasteiger charge is -2.09. The van der Waals surface area contributed by atoms with Crippen LogP contribution < -0.4 is 11.1 Å². The smallest absolute Gasteiger partial charge is 0.248 e. The van der Waals surface area contributed by atoms with E-state index in [1.165, 1.54) is 6.20 Å². The fraction of sp³-hybridized carbons (Fsp3) is 0.294. The van der Waals surface area contributed by atoms with E-state index >= 15 is 0 Å². The van der Waals surface area contributed by atoms with E-state index in [9.17, 15) is 9.59 Å². The predicted molar refractivity (Wildman–Crippen MR) is 92.4 cm³/mol. The number of rotatable bonds is 7. The van der Waals surface area contributed by atoms with E-state index < -0.39 is 5.91 Å². The summed E-state index contributed by atoms with van der Waals surface area (Å²) >= 11 is 0. The van der Waals surface area contributed by atoms with Crippen LogP contribution in [0.1, 0.15) is 23.2 Å². The van der Waals surface area contributed by atoms with Gasteiger partial charge >= 0.3 is 0 Å². The lowest BCUT2D eigenvalue weighted by Crippen LogP contribution is -2.17. The molecule has 2 aromatic heterocycles. The van der Waals surface area contributed by atoms with Crippen molar-refractivity contribution in [2.24, 2.45) is 5.73 Å². The summed E-state index contributed by atoms with van der Waals surface area (Å²) in [4.78, 5) is 33.5. The zero-order valence-electron chi connectivity index (χ0n) is 13.8. The molecule has 2 amide bonds. The summed E-state index contributed by atoms with van der Waals surface area (Å²) in [5, 5.41) is 2.81. The van der Waals surface area contributed by atoms with Crippen molar-refractivity contribution in [3.63, 3.8) is 0 Å². The van der Waals surface area contributed by atoms with E-state index in [4.69, 9.17) is 5.73 Å². The molecule has 0 aliphatic rings. The van der Waals surface area contributed by atoms with Gasteiger partial charge in [0.25, 0.3) is 0 Å². The third-order valence-electron chi connectivity index (χ3n) is 3.36. The molecule has 0 radical (unpaired) electrons. The second-order valence-corrected chi connectivity index (χ2v) is 5.68. The van der Waals surface area contributed by atoms with Gasteiger partial charge in [0, 0.05) is 18.2 Å². The topological polar surface area (TPSA) is 101 Å². The van der Waals surface area contributed by atoms with Gasteiger partial charge in [-0.3, -0.25) is 19.6 Å². The Bertz CT molecular complexity index is 713. The second kappa shape index (κ2) is 8.16. The number of hydrogen-bond donors (Lipinski definition) is 2. The molecule has 2 aromatic rings. The molecule has 0 fully saturated rings. The van der Waals surface area contributed by atoms with Crippen LogP contribution in [0.3, 0.4) is 0 Å². The maximum absolute atomic E-state index is 11.8. The Balaban J connectivity index is 1.99. The summed E-state index contributed by atoms with van der Waals surface area (Å²) in [6, 6.07) is 6.63. The summed E-state index contributed by atoms with van der Waals surface area (Å²) in [6.07, 6.45) is 4.34. The lowest BCUT2D eigenvalue weighted by atomic mass is 10.1. The van der Waals surface area contributed by atoms with Crippen molar-refractivity contribution in [3.05, 3.63) is 42.2 Å². The Morgan fingerprint density at radius 1 is 1.17 bits per heavy atom. The molecule has 3 N–H and O–H groups in total. The minimum atomic E-state index is -0.514. The van der Waals surface area contributed by atoms with Gasteiger partial charge in [-0.25, -0.2) is 0 Å². The quantitative estimate of drug-likeness (QED) is 0.803. The van der Waals surface area contributed by atoms with Gasteiger partial charge < -0.3 is 16.0 Å². The van der Waals surface area contributed by atoms with Gasteiger partial charge in [-0.2, -0.15) is 0 Å². The van der Waals surface area contributed by atoms with Crippen LogP contribution in [-0.2, 0) is 4.79 Å². The minimum absolute atomic E-state index is 0.0414. The largest absolute Gasteiger partial charge is 0.366 e. The highest BCUT2D eigenvalue weighted by atomic mass is 16.1. The van der Waals surface area contributed by atoms with E-state index in [0.717, 1.165) is 13.0 Å². The van der Waals surface area contributed by atoms with Crippen LogP contribution in [0.5, 0.6) is 0 Å². The summed E-state index contributed by atoms with van der Waals surface area (Å²) < 4.78 is 0. The number of nitrogens with zero attached hydrogens (tertiary/aromatic N) is 3. The fourth-order valence-corrected chi connectivity index (χ4v) is 2.12. The number of nitrogens with two attached hydrogens (primary N) is 1. The van der Waals surface area contributed by atoms with Crippen molar-refractivity contribution < 1.29 is 9.59 Å². The highest BCUT2D eigenvalue weighted by Crippen LogP contribution is 2.17. The number of pyridine rings is 2. The predicted octanol–water partition coefficient (Wildman–Crippen LogP) is 1.52. The molecule has 7 heteroatoms. The Hall–Kier alpha value is -2.80. The van der Waals surface area contributed by atoms with E-state index in [0.29, 0.717) is 29.1 Å². The van der Waals surface area contributed by atoms with Gasteiger partial charge in [0.05, 0.1) is 23.3 Å². The number of anilines is 1. The molecule has 0 unspecified atom stereocenters. The number of carbonyl (C=O) groups is 2. The molecule has 2 rings (SSSR count). The average Bonchev–Trinajstić information content (AvgIpc) is 2.55. The fourth-order valence-electron chi connectivity index (χ4n) is 2.12. The summed E-state index contributed by atoms with van der Waals surface area (Å²) in [5.74, 6) is -0.555. The number of primary amides is 1. The van der Waals surface area contributed by atoms with Crippen molar-refractivity contribution in [2.75, 3.05) is 26.0 Å². The molecule has 126 valence electrons. The molecule has 0 spiro atoms. The first-order valence-corrected chi connectivity index (χ1v) is 7.62. The Morgan fingerprint density at radius 2 is 1.96 bits per heavy atom. The molecular weight excluding hydrogens is 306 g/mol. The standard InChI is InChI=1S/C17H21N5O2/c1-22(2)9-3-4-16(23)21-13-5-6-14(20-11-13)15-10-12(17(18)24)7-8-19-15/h5-8,10-11H,3-4,9H2,1-2H3,(H2,18,24)(H,21,23). The van der Waals surface area contributed by atoms with Gasteiger partial charge in [0.1, 0.15) is 0 Å². The summed E-state index contributed by atoms with van der Waals surface area (Å²) in [7, 11) is 3.95. The Morgan fingerprint density at radius 3 is 2.58 bits per heavy atom. The number of aromatic nitrogens is 2. The van der Waals surface area contributed by atoms with E-state index in [2.05, 4.69) is 15.3 Å². The SMILES string of the molecule is CN(C)CCCC(=O)Nc1ccc(-c2cc(C(N)=O)ccn2)nc1. The van der Waals surface area contributed by atoms with Crippen LogP contribution in [0.25, 0.3) is 11.4 Å². The Labute approximate surface area is 140 Å². The van der Waals surface area contributed by atoms with Crippen molar-refractivity contribution in [1.29, 1.82) is 0 Å². The van der Waals surface area contributed by atoms with Gasteiger partial charge in [-0.15, -0.1) is 0 Å². The molecule has 0 atom stereocenters. The molecule has 0 saturated carbocycles. The van der Waals surface area contributed by atoms with Crippen LogP contribution in [0.2, 0.25) is 0 Å². The molecule has 7 nitrogen and oxygen atoms in total. The van der Waals surface area contributed by atoms with Crippen molar-refractivity contribution >= 4 is 17.5 Å². The summed E-state index contributed by atoms with van der Waals surface area (Å²) in [5.41, 5.74) is 7.41. The van der Waals surface area contributed by atoms with Crippen LogP contribution in [0, 0.1) is 0 Å². The molecule has 0 bridgehead atoms. The van der Waals surface area contributed by atoms with Crippen molar-refractivity contribution in [2.45, 2.75) is 12.8 Å². The average molecular weight is 327 g/mol. The maximum atomic E-state index is 11.8. The minimum Gasteiger partial charge on any atom is -0.366 e. The van der Waals surface area contributed by atoms with Gasteiger partial charge in [-0.05, 0) is 51.3 Å². The number of carbonyl (C=O) groups excluding carboxylic acids is 2. The van der Waals surface area contributed by atoms with Crippen LogP contribution in [0.15, 0.2) is 36.7 Å². The molecule has 0 aliphatic heterocycles. The third kappa shape index (κ3) is 5.13. The zero-order valence-corrected chi connectivity index (χ0v) is 13.8.